The van der Waals surface area contributed by atoms with Crippen LogP contribution in [-0.4, -0.2) is 37.2 Å². The first kappa shape index (κ1) is 22.1. The van der Waals surface area contributed by atoms with E-state index in [2.05, 4.69) is 15.5 Å². The number of aromatic nitrogens is 2. The van der Waals surface area contributed by atoms with Gasteiger partial charge in [-0.25, -0.2) is 8.42 Å². The number of para-hydroxylation sites is 2. The van der Waals surface area contributed by atoms with Crippen LogP contribution in [0.15, 0.2) is 83.8 Å². The third-order valence-corrected chi connectivity index (χ3v) is 7.99. The number of nitrogens with zero attached hydrogens (tertiary/aromatic N) is 3. The van der Waals surface area contributed by atoms with E-state index in [0.29, 0.717) is 21.6 Å². The molecule has 34 heavy (non-hydrogen) atoms. The highest BCUT2D eigenvalue weighted by Crippen LogP contribution is 2.37. The molecular weight excluding hydrogens is 472 g/mol. The van der Waals surface area contributed by atoms with Gasteiger partial charge in [0, 0.05) is 5.56 Å². The van der Waals surface area contributed by atoms with Gasteiger partial charge in [-0.15, -0.1) is 10.2 Å². The smallest absolute Gasteiger partial charge is 0.269 e. The molecule has 2 heterocycles. The minimum atomic E-state index is -3.90. The van der Waals surface area contributed by atoms with Crippen LogP contribution >= 0.6 is 11.3 Å². The van der Waals surface area contributed by atoms with E-state index < -0.39 is 22.0 Å². The van der Waals surface area contributed by atoms with Crippen LogP contribution in [0.5, 0.6) is 5.75 Å². The monoisotopic (exact) mass is 492 g/mol. The van der Waals surface area contributed by atoms with Crippen molar-refractivity contribution in [3.8, 4) is 16.3 Å². The predicted octanol–water partition coefficient (Wildman–Crippen LogP) is 4.11. The van der Waals surface area contributed by atoms with E-state index in [1.807, 2.05) is 31.2 Å². The number of amides is 1. The lowest BCUT2D eigenvalue weighted by atomic mass is 10.2. The Morgan fingerprint density at radius 2 is 1.71 bits per heavy atom. The lowest BCUT2D eigenvalue weighted by molar-refractivity contribution is -0.122. The first-order valence-electron chi connectivity index (χ1n) is 10.5. The molecule has 0 unspecified atom stereocenters. The lowest BCUT2D eigenvalue weighted by Gasteiger charge is -2.34. The summed E-state index contributed by atoms with van der Waals surface area (Å²) in [5.74, 6) is -0.194. The van der Waals surface area contributed by atoms with Gasteiger partial charge in [-0.05, 0) is 31.2 Å². The molecule has 1 atom stereocenters. The van der Waals surface area contributed by atoms with E-state index in [1.165, 1.54) is 27.8 Å². The number of anilines is 2. The number of hydrogen-bond donors (Lipinski definition) is 1. The normalized spacial score (nSPS) is 15.3. The zero-order valence-electron chi connectivity index (χ0n) is 18.1. The van der Waals surface area contributed by atoms with Crippen LogP contribution in [0.4, 0.5) is 10.8 Å². The number of aryl methyl sites for hydroxylation is 1. The van der Waals surface area contributed by atoms with E-state index in [9.17, 15) is 13.2 Å². The first-order valence-corrected chi connectivity index (χ1v) is 12.7. The summed E-state index contributed by atoms with van der Waals surface area (Å²) in [5, 5.41) is 11.9. The molecule has 172 valence electrons. The molecule has 1 aromatic heterocycles. The Balaban J connectivity index is 1.39. The summed E-state index contributed by atoms with van der Waals surface area (Å²) >= 11 is 1.23. The number of hydrogen-bond acceptors (Lipinski definition) is 7. The molecule has 0 bridgehead atoms. The number of carbonyl (C=O) groups excluding carboxylic acids is 1. The molecule has 10 heteroatoms. The molecule has 1 N–H and O–H groups in total. The van der Waals surface area contributed by atoms with Crippen LogP contribution in [-0.2, 0) is 14.8 Å². The zero-order chi connectivity index (χ0) is 23.7. The molecule has 0 saturated carbocycles. The molecule has 8 nitrogen and oxygen atoms in total. The molecule has 1 aliphatic heterocycles. The maximum Gasteiger partial charge on any atom is 0.269 e. The van der Waals surface area contributed by atoms with Crippen LogP contribution in [0.25, 0.3) is 10.6 Å². The number of rotatable bonds is 5. The molecule has 0 spiro atoms. The van der Waals surface area contributed by atoms with Crippen molar-refractivity contribution >= 4 is 38.1 Å². The molecule has 3 aromatic carbocycles. The minimum Gasteiger partial charge on any atom is -0.476 e. The second kappa shape index (κ2) is 8.88. The summed E-state index contributed by atoms with van der Waals surface area (Å²) in [6, 6.07) is 22.7. The van der Waals surface area contributed by atoms with E-state index in [4.69, 9.17) is 4.74 Å². The third-order valence-electron chi connectivity index (χ3n) is 5.31. The van der Waals surface area contributed by atoms with E-state index >= 15 is 0 Å². The summed E-state index contributed by atoms with van der Waals surface area (Å²) in [4.78, 5) is 13.2. The van der Waals surface area contributed by atoms with Gasteiger partial charge in [0.05, 0.1) is 17.1 Å². The fraction of sp³-hybridized carbons (Fsp3) is 0.125. The van der Waals surface area contributed by atoms with Crippen LogP contribution in [0.3, 0.4) is 0 Å². The van der Waals surface area contributed by atoms with Crippen molar-refractivity contribution in [3.63, 3.8) is 0 Å². The van der Waals surface area contributed by atoms with Crippen molar-refractivity contribution in [2.24, 2.45) is 0 Å². The maximum absolute atomic E-state index is 13.4. The SMILES string of the molecule is Cc1ccc(-c2nnc(NC(=O)[C@@H]3CN(S(=O)(=O)c4ccccc4)c4ccccc4O3)s2)cc1. The van der Waals surface area contributed by atoms with Crippen molar-refractivity contribution in [1.29, 1.82) is 0 Å². The standard InChI is InChI=1S/C24H20N4O4S2/c1-16-11-13-17(14-12-16)23-26-27-24(33-23)25-22(29)21-15-28(19-9-5-6-10-20(19)32-21)34(30,31)18-7-3-2-4-8-18/h2-14,21H,15H2,1H3,(H,25,27,29)/t21-/m0/s1. The Morgan fingerprint density at radius 1 is 1.00 bits per heavy atom. The second-order valence-electron chi connectivity index (χ2n) is 7.69. The Hall–Kier alpha value is -3.76. The summed E-state index contributed by atoms with van der Waals surface area (Å²) in [5.41, 5.74) is 2.41. The van der Waals surface area contributed by atoms with Gasteiger partial charge in [0.2, 0.25) is 5.13 Å². The molecule has 1 amide bonds. The van der Waals surface area contributed by atoms with E-state index in [1.54, 1.807) is 42.5 Å². The largest absolute Gasteiger partial charge is 0.476 e. The summed E-state index contributed by atoms with van der Waals surface area (Å²) in [6.07, 6.45) is -1.07. The molecule has 0 fully saturated rings. The molecule has 4 aromatic rings. The van der Waals surface area contributed by atoms with Gasteiger partial charge in [0.1, 0.15) is 10.8 Å². The van der Waals surface area contributed by atoms with Gasteiger partial charge in [0.15, 0.2) is 6.10 Å². The Labute approximate surface area is 200 Å². The number of sulfonamides is 1. The van der Waals surface area contributed by atoms with Gasteiger partial charge in [0.25, 0.3) is 15.9 Å². The van der Waals surface area contributed by atoms with Crippen molar-refractivity contribution in [3.05, 3.63) is 84.4 Å². The van der Waals surface area contributed by atoms with Gasteiger partial charge >= 0.3 is 0 Å². The van der Waals surface area contributed by atoms with Crippen LogP contribution in [0.2, 0.25) is 0 Å². The fourth-order valence-electron chi connectivity index (χ4n) is 3.56. The highest BCUT2D eigenvalue weighted by Gasteiger charge is 2.37. The predicted molar refractivity (Wildman–Crippen MR) is 131 cm³/mol. The van der Waals surface area contributed by atoms with Crippen LogP contribution in [0.1, 0.15) is 5.56 Å². The van der Waals surface area contributed by atoms with Crippen LogP contribution in [0, 0.1) is 6.92 Å². The van der Waals surface area contributed by atoms with Crippen molar-refractivity contribution in [2.45, 2.75) is 17.9 Å². The zero-order valence-corrected chi connectivity index (χ0v) is 19.7. The van der Waals surface area contributed by atoms with Crippen molar-refractivity contribution in [1.82, 2.24) is 10.2 Å². The van der Waals surface area contributed by atoms with Gasteiger partial charge in [-0.3, -0.25) is 14.4 Å². The average molecular weight is 493 g/mol. The van der Waals surface area contributed by atoms with Crippen molar-refractivity contribution in [2.75, 3.05) is 16.2 Å². The van der Waals surface area contributed by atoms with Gasteiger partial charge < -0.3 is 4.74 Å². The Kier molecular flexibility index (Phi) is 5.76. The van der Waals surface area contributed by atoms with Crippen molar-refractivity contribution < 1.29 is 17.9 Å². The number of ether oxygens (including phenoxy) is 1. The van der Waals surface area contributed by atoms with Gasteiger partial charge in [-0.2, -0.15) is 0 Å². The number of fused-ring (bicyclic) bond motifs is 1. The Morgan fingerprint density at radius 3 is 2.47 bits per heavy atom. The maximum atomic E-state index is 13.4. The molecule has 0 radical (unpaired) electrons. The van der Waals surface area contributed by atoms with Gasteiger partial charge in [-0.1, -0.05) is 71.5 Å². The highest BCUT2D eigenvalue weighted by atomic mass is 32.2. The summed E-state index contributed by atoms with van der Waals surface area (Å²) < 4.78 is 33.8. The quantitative estimate of drug-likeness (QED) is 0.450. The summed E-state index contributed by atoms with van der Waals surface area (Å²) in [7, 11) is -3.90. The molecule has 5 rings (SSSR count). The highest BCUT2D eigenvalue weighted by molar-refractivity contribution is 7.92. The average Bonchev–Trinajstić information content (AvgIpc) is 3.32. The first-order chi connectivity index (χ1) is 16.4. The molecule has 0 aliphatic carbocycles. The van der Waals surface area contributed by atoms with E-state index in [0.717, 1.165) is 11.1 Å². The molecular formula is C24H20N4O4S2. The van der Waals surface area contributed by atoms with E-state index in [-0.39, 0.29) is 11.4 Å². The minimum absolute atomic E-state index is 0.137. The number of carbonyl (C=O) groups is 1. The number of benzene rings is 3. The van der Waals surface area contributed by atoms with Crippen LogP contribution < -0.4 is 14.4 Å². The third kappa shape index (κ3) is 4.25. The topological polar surface area (TPSA) is 101 Å². The molecule has 1 aliphatic rings. The molecule has 0 saturated heterocycles. The lowest BCUT2D eigenvalue weighted by Crippen LogP contribution is -2.48. The second-order valence-corrected chi connectivity index (χ2v) is 10.5. The number of nitrogens with one attached hydrogen (secondary N) is 1. The Bertz CT molecular complexity index is 1440. The summed E-state index contributed by atoms with van der Waals surface area (Å²) in [6.45, 7) is 1.82. The fourth-order valence-corrected chi connectivity index (χ4v) is 5.81.